The summed E-state index contributed by atoms with van der Waals surface area (Å²) in [5, 5.41) is 17.1. The molecule has 0 spiro atoms. The maximum Gasteiger partial charge on any atom is 0.323 e. The number of likely N-dealkylation sites (tertiary alicyclic amines) is 1. The zero-order valence-corrected chi connectivity index (χ0v) is 16.2. The highest BCUT2D eigenvalue weighted by Crippen LogP contribution is 2.21. The van der Waals surface area contributed by atoms with Crippen molar-refractivity contribution in [1.29, 1.82) is 0 Å². The second-order valence-corrected chi connectivity index (χ2v) is 7.05. The van der Waals surface area contributed by atoms with Crippen LogP contribution < -0.4 is 10.6 Å². The normalized spacial score (nSPS) is 22.2. The number of aromatic nitrogens is 1. The van der Waals surface area contributed by atoms with Crippen molar-refractivity contribution in [2.75, 3.05) is 26.2 Å². The molecule has 2 atom stereocenters. The number of nitro groups is 1. The molecule has 0 radical (unpaired) electrons. The third-order valence-electron chi connectivity index (χ3n) is 5.25. The van der Waals surface area contributed by atoms with Crippen molar-refractivity contribution in [3.05, 3.63) is 27.9 Å². The van der Waals surface area contributed by atoms with Crippen LogP contribution in [0, 0.1) is 16.0 Å². The molecule has 2 amide bonds. The third kappa shape index (κ3) is 4.78. The summed E-state index contributed by atoms with van der Waals surface area (Å²) in [6.45, 7) is 2.61. The molecule has 27 heavy (non-hydrogen) atoms. The molecule has 150 valence electrons. The van der Waals surface area contributed by atoms with Crippen LogP contribution >= 0.6 is 12.4 Å². The van der Waals surface area contributed by atoms with Crippen LogP contribution in [0.5, 0.6) is 0 Å². The minimum Gasteiger partial charge on any atom is -0.358 e. The first-order valence-electron chi connectivity index (χ1n) is 9.08. The molecule has 0 aliphatic carbocycles. The van der Waals surface area contributed by atoms with E-state index in [1.54, 1.807) is 4.90 Å². The molecule has 9 nitrogen and oxygen atoms in total. The molecule has 3 rings (SSSR count). The lowest BCUT2D eigenvalue weighted by atomic mass is 9.97. The summed E-state index contributed by atoms with van der Waals surface area (Å²) in [6, 6.07) is 2.75. The van der Waals surface area contributed by atoms with Gasteiger partial charge in [0.25, 0.3) is 5.91 Å². The van der Waals surface area contributed by atoms with Crippen LogP contribution in [-0.4, -0.2) is 58.4 Å². The number of hydrogen-bond donors (Lipinski definition) is 2. The third-order valence-corrected chi connectivity index (χ3v) is 5.25. The largest absolute Gasteiger partial charge is 0.358 e. The smallest absolute Gasteiger partial charge is 0.323 e. The Bertz CT molecular complexity index is 701. The summed E-state index contributed by atoms with van der Waals surface area (Å²) in [5.74, 6) is -0.0651. The molecule has 2 fully saturated rings. The van der Waals surface area contributed by atoms with Crippen molar-refractivity contribution in [2.24, 2.45) is 13.0 Å². The number of amides is 2. The highest BCUT2D eigenvalue weighted by atomic mass is 35.5. The molecule has 2 aliphatic heterocycles. The summed E-state index contributed by atoms with van der Waals surface area (Å²) in [4.78, 5) is 37.0. The first-order valence-corrected chi connectivity index (χ1v) is 9.08. The maximum atomic E-state index is 12.7. The number of rotatable bonds is 5. The molecular formula is C17H26ClN5O4. The highest BCUT2D eigenvalue weighted by molar-refractivity contribution is 5.93. The van der Waals surface area contributed by atoms with E-state index < -0.39 is 4.92 Å². The van der Waals surface area contributed by atoms with Gasteiger partial charge in [-0.25, -0.2) is 4.57 Å². The Morgan fingerprint density at radius 1 is 1.33 bits per heavy atom. The molecular weight excluding hydrogens is 374 g/mol. The standard InChI is InChI=1S/C17H25N5O4.ClH/c1-20-14(6-7-15(20)22(25)26)17(24)21-9-3-4-12(11-21)10-19-16(23)13-5-2-8-18-13;/h6-7,12-13,18H,2-5,8-11H2,1H3,(H,19,23);1H. The Morgan fingerprint density at radius 3 is 2.74 bits per heavy atom. The second kappa shape index (κ2) is 9.18. The van der Waals surface area contributed by atoms with Crippen LogP contribution in [0.1, 0.15) is 36.2 Å². The molecule has 0 saturated carbocycles. The first kappa shape index (κ1) is 21.2. The van der Waals surface area contributed by atoms with E-state index in [0.717, 1.165) is 32.2 Å². The SMILES string of the molecule is Cl.Cn1c(C(=O)N2CCCC(CNC(=O)C3CCCN3)C2)ccc1[N+](=O)[O-]. The van der Waals surface area contributed by atoms with Crippen LogP contribution in [0.25, 0.3) is 0 Å². The summed E-state index contributed by atoms with van der Waals surface area (Å²) in [5.41, 5.74) is 0.316. The van der Waals surface area contributed by atoms with Crippen LogP contribution in [-0.2, 0) is 11.8 Å². The van der Waals surface area contributed by atoms with Gasteiger partial charge < -0.3 is 25.6 Å². The Hall–Kier alpha value is -2.13. The number of nitrogens with one attached hydrogen (secondary N) is 2. The number of carbonyl (C=O) groups is 2. The van der Waals surface area contributed by atoms with E-state index in [4.69, 9.17) is 0 Å². The van der Waals surface area contributed by atoms with Gasteiger partial charge in [0, 0.05) is 25.7 Å². The fraction of sp³-hybridized carbons (Fsp3) is 0.647. The lowest BCUT2D eigenvalue weighted by molar-refractivity contribution is -0.391. The van der Waals surface area contributed by atoms with Gasteiger partial charge in [-0.2, -0.15) is 0 Å². The Kier molecular flexibility index (Phi) is 7.20. The zero-order valence-electron chi connectivity index (χ0n) is 15.3. The predicted octanol–water partition coefficient (Wildman–Crippen LogP) is 1.08. The second-order valence-electron chi connectivity index (χ2n) is 7.05. The summed E-state index contributed by atoms with van der Waals surface area (Å²) < 4.78 is 1.32. The maximum absolute atomic E-state index is 12.7. The van der Waals surface area contributed by atoms with Gasteiger partial charge in [-0.1, -0.05) is 0 Å². The van der Waals surface area contributed by atoms with E-state index in [1.165, 1.54) is 23.7 Å². The van der Waals surface area contributed by atoms with Crippen molar-refractivity contribution in [2.45, 2.75) is 31.7 Å². The fourth-order valence-electron chi connectivity index (χ4n) is 3.75. The van der Waals surface area contributed by atoms with Gasteiger partial charge in [0.05, 0.1) is 13.1 Å². The summed E-state index contributed by atoms with van der Waals surface area (Å²) in [7, 11) is 1.53. The van der Waals surface area contributed by atoms with Crippen LogP contribution in [0.15, 0.2) is 12.1 Å². The lowest BCUT2D eigenvalue weighted by Gasteiger charge is -2.32. The average Bonchev–Trinajstić information content (AvgIpc) is 3.29. The van der Waals surface area contributed by atoms with Crippen LogP contribution in [0.3, 0.4) is 0 Å². The monoisotopic (exact) mass is 399 g/mol. The van der Waals surface area contributed by atoms with Gasteiger partial charge >= 0.3 is 5.82 Å². The average molecular weight is 400 g/mol. The van der Waals surface area contributed by atoms with E-state index >= 15 is 0 Å². The highest BCUT2D eigenvalue weighted by Gasteiger charge is 2.30. The number of halogens is 1. The Balaban J connectivity index is 0.00000261. The van der Waals surface area contributed by atoms with E-state index in [0.29, 0.717) is 25.3 Å². The topological polar surface area (TPSA) is 110 Å². The minimum atomic E-state index is -0.498. The van der Waals surface area contributed by atoms with E-state index in [2.05, 4.69) is 10.6 Å². The molecule has 2 aliphatic rings. The minimum absolute atomic E-state index is 0. The Morgan fingerprint density at radius 2 is 2.11 bits per heavy atom. The molecule has 1 aromatic heterocycles. The molecule has 2 saturated heterocycles. The number of piperidine rings is 1. The van der Waals surface area contributed by atoms with Gasteiger partial charge in [-0.05, 0) is 49.1 Å². The summed E-state index contributed by atoms with van der Waals surface area (Å²) >= 11 is 0. The molecule has 10 heteroatoms. The zero-order chi connectivity index (χ0) is 18.7. The quantitative estimate of drug-likeness (QED) is 0.568. The van der Waals surface area contributed by atoms with Crippen molar-refractivity contribution < 1.29 is 14.5 Å². The summed E-state index contributed by atoms with van der Waals surface area (Å²) in [6.07, 6.45) is 3.70. The van der Waals surface area contributed by atoms with E-state index in [9.17, 15) is 19.7 Å². The number of nitrogens with zero attached hydrogens (tertiary/aromatic N) is 3. The molecule has 2 unspecified atom stereocenters. The van der Waals surface area contributed by atoms with Gasteiger partial charge in [0.2, 0.25) is 5.91 Å². The van der Waals surface area contributed by atoms with Gasteiger partial charge in [0.1, 0.15) is 0 Å². The molecule has 3 heterocycles. The predicted molar refractivity (Wildman–Crippen MR) is 102 cm³/mol. The van der Waals surface area contributed by atoms with Crippen LogP contribution in [0.2, 0.25) is 0 Å². The van der Waals surface area contributed by atoms with Crippen LogP contribution in [0.4, 0.5) is 5.82 Å². The van der Waals surface area contributed by atoms with Crippen molar-refractivity contribution >= 4 is 30.0 Å². The molecule has 2 N–H and O–H groups in total. The Labute approximate surface area is 164 Å². The van der Waals surface area contributed by atoms with Gasteiger partial charge in [-0.3, -0.25) is 9.59 Å². The fourth-order valence-corrected chi connectivity index (χ4v) is 3.75. The number of carbonyl (C=O) groups excluding carboxylic acids is 2. The van der Waals surface area contributed by atoms with E-state index in [-0.39, 0.29) is 42.0 Å². The van der Waals surface area contributed by atoms with Crippen molar-refractivity contribution in [1.82, 2.24) is 20.1 Å². The van der Waals surface area contributed by atoms with E-state index in [1.807, 2.05) is 0 Å². The molecule has 0 bridgehead atoms. The molecule has 1 aromatic rings. The lowest BCUT2D eigenvalue weighted by Crippen LogP contribution is -2.47. The van der Waals surface area contributed by atoms with Crippen molar-refractivity contribution in [3.63, 3.8) is 0 Å². The van der Waals surface area contributed by atoms with Gasteiger partial charge in [0.15, 0.2) is 5.69 Å². The van der Waals surface area contributed by atoms with Crippen molar-refractivity contribution in [3.8, 4) is 0 Å². The molecule has 0 aromatic carbocycles. The first-order chi connectivity index (χ1) is 12.5. The number of hydrogen-bond acceptors (Lipinski definition) is 5. The van der Waals surface area contributed by atoms with Gasteiger partial charge in [-0.15, -0.1) is 12.4 Å².